The van der Waals surface area contributed by atoms with E-state index in [2.05, 4.69) is 10.1 Å². The summed E-state index contributed by atoms with van der Waals surface area (Å²) in [6, 6.07) is 0. The number of halogens is 3. The van der Waals surface area contributed by atoms with Crippen molar-refractivity contribution in [3.05, 3.63) is 0 Å². The van der Waals surface area contributed by atoms with E-state index in [1.54, 1.807) is 0 Å². The van der Waals surface area contributed by atoms with Crippen molar-refractivity contribution in [2.24, 2.45) is 11.8 Å². The first-order valence-electron chi connectivity index (χ1n) is 4.32. The molecule has 0 aromatic rings. The molecule has 0 spiro atoms. The van der Waals surface area contributed by atoms with Crippen LogP contribution in [0.15, 0.2) is 0 Å². The first-order valence-corrected chi connectivity index (χ1v) is 4.32. The molecule has 1 N–H and O–H groups in total. The van der Waals surface area contributed by atoms with Crippen molar-refractivity contribution in [1.29, 1.82) is 0 Å². The fraction of sp³-hybridized carbons (Fsp3) is 0.875. The highest BCUT2D eigenvalue weighted by molar-refractivity contribution is 5.73. The Morgan fingerprint density at radius 2 is 2.14 bits per heavy atom. The minimum Gasteiger partial charge on any atom is -0.469 e. The van der Waals surface area contributed by atoms with Crippen LogP contribution in [0, 0.1) is 11.8 Å². The van der Waals surface area contributed by atoms with E-state index >= 15 is 0 Å². The Balaban J connectivity index is 2.74. The van der Waals surface area contributed by atoms with Crippen molar-refractivity contribution in [3.8, 4) is 0 Å². The topological polar surface area (TPSA) is 38.3 Å². The zero-order chi connectivity index (χ0) is 10.8. The van der Waals surface area contributed by atoms with Crippen LogP contribution in [-0.4, -0.2) is 32.3 Å². The summed E-state index contributed by atoms with van der Waals surface area (Å²) in [7, 11) is 1.10. The van der Waals surface area contributed by atoms with Gasteiger partial charge in [0.2, 0.25) is 0 Å². The molecule has 1 heterocycles. The maximum absolute atomic E-state index is 12.5. The van der Waals surface area contributed by atoms with Crippen molar-refractivity contribution in [1.82, 2.24) is 5.32 Å². The second-order valence-electron chi connectivity index (χ2n) is 3.27. The lowest BCUT2D eigenvalue weighted by Gasteiger charge is -2.31. The monoisotopic (exact) mass is 211 g/mol. The second-order valence-corrected chi connectivity index (χ2v) is 3.27. The van der Waals surface area contributed by atoms with E-state index in [-0.39, 0.29) is 19.5 Å². The second kappa shape index (κ2) is 4.16. The molecule has 1 fully saturated rings. The molecule has 0 radical (unpaired) electrons. The first-order chi connectivity index (χ1) is 6.46. The number of alkyl halides is 3. The van der Waals surface area contributed by atoms with Gasteiger partial charge in [0.25, 0.3) is 0 Å². The number of methoxy groups -OCH3 is 1. The van der Waals surface area contributed by atoms with Gasteiger partial charge in [-0.3, -0.25) is 4.79 Å². The van der Waals surface area contributed by atoms with Gasteiger partial charge in [0.05, 0.1) is 18.9 Å². The summed E-state index contributed by atoms with van der Waals surface area (Å²) in [5.74, 6) is -3.47. The van der Waals surface area contributed by atoms with Gasteiger partial charge >= 0.3 is 12.1 Å². The molecule has 6 heteroatoms. The molecule has 0 bridgehead atoms. The Morgan fingerprint density at radius 1 is 1.50 bits per heavy atom. The van der Waals surface area contributed by atoms with Crippen molar-refractivity contribution < 1.29 is 22.7 Å². The third kappa shape index (κ3) is 2.37. The fourth-order valence-corrected chi connectivity index (χ4v) is 1.65. The zero-order valence-electron chi connectivity index (χ0n) is 7.73. The van der Waals surface area contributed by atoms with Gasteiger partial charge in [-0.1, -0.05) is 0 Å². The molecular formula is C8H12F3NO2. The Labute approximate surface area is 79.6 Å². The molecule has 1 rings (SSSR count). The fourth-order valence-electron chi connectivity index (χ4n) is 1.65. The molecular weight excluding hydrogens is 199 g/mol. The average molecular weight is 211 g/mol. The van der Waals surface area contributed by atoms with Gasteiger partial charge in [0.1, 0.15) is 0 Å². The summed E-state index contributed by atoms with van der Waals surface area (Å²) >= 11 is 0. The standard InChI is InChI=1S/C8H12F3NO2/c1-14-7(13)5-4-12-3-2-6(5)8(9,10)11/h5-6,12H,2-4H2,1H3/t5-,6-/m0/s1. The van der Waals surface area contributed by atoms with E-state index < -0.39 is 24.0 Å². The van der Waals surface area contributed by atoms with Gasteiger partial charge in [-0.15, -0.1) is 0 Å². The van der Waals surface area contributed by atoms with Gasteiger partial charge in [0.15, 0.2) is 0 Å². The van der Waals surface area contributed by atoms with E-state index in [1.807, 2.05) is 0 Å². The quantitative estimate of drug-likeness (QED) is 0.656. The third-order valence-electron chi connectivity index (χ3n) is 2.41. The SMILES string of the molecule is COC(=O)[C@H]1CNCC[C@@H]1C(F)(F)F. The predicted molar refractivity (Wildman–Crippen MR) is 42.5 cm³/mol. The number of hydrogen-bond donors (Lipinski definition) is 1. The minimum absolute atomic E-state index is 0.0385. The van der Waals surface area contributed by atoms with E-state index in [0.29, 0.717) is 0 Å². The lowest BCUT2D eigenvalue weighted by atomic mass is 9.86. The average Bonchev–Trinajstić information content (AvgIpc) is 2.15. The van der Waals surface area contributed by atoms with E-state index in [1.165, 1.54) is 0 Å². The molecule has 0 unspecified atom stereocenters. The molecule has 0 aliphatic carbocycles. The van der Waals surface area contributed by atoms with Gasteiger partial charge in [-0.05, 0) is 13.0 Å². The minimum atomic E-state index is -4.32. The summed E-state index contributed by atoms with van der Waals surface area (Å²) < 4.78 is 41.7. The Bertz CT molecular complexity index is 217. The summed E-state index contributed by atoms with van der Waals surface area (Å²) in [5, 5.41) is 2.75. The summed E-state index contributed by atoms with van der Waals surface area (Å²) in [6.07, 6.45) is -4.38. The lowest BCUT2D eigenvalue weighted by Crippen LogP contribution is -2.47. The Morgan fingerprint density at radius 3 is 2.64 bits per heavy atom. The third-order valence-corrected chi connectivity index (χ3v) is 2.41. The molecule has 1 aliphatic heterocycles. The number of hydrogen-bond acceptors (Lipinski definition) is 3. The highest BCUT2D eigenvalue weighted by Crippen LogP contribution is 2.36. The number of carbonyl (C=O) groups excluding carboxylic acids is 1. The largest absolute Gasteiger partial charge is 0.469 e. The number of carbonyl (C=O) groups is 1. The highest BCUT2D eigenvalue weighted by Gasteiger charge is 2.48. The zero-order valence-corrected chi connectivity index (χ0v) is 7.73. The first kappa shape index (κ1) is 11.3. The molecule has 1 saturated heterocycles. The van der Waals surface area contributed by atoms with Gasteiger partial charge in [-0.2, -0.15) is 13.2 Å². The van der Waals surface area contributed by atoms with Crippen LogP contribution < -0.4 is 5.32 Å². The predicted octanol–water partition coefficient (Wildman–Crippen LogP) is 0.947. The molecule has 2 atom stereocenters. The van der Waals surface area contributed by atoms with E-state index in [9.17, 15) is 18.0 Å². The molecule has 1 aliphatic rings. The van der Waals surface area contributed by atoms with Crippen LogP contribution in [0.25, 0.3) is 0 Å². The molecule has 14 heavy (non-hydrogen) atoms. The van der Waals surface area contributed by atoms with Crippen molar-refractivity contribution in [2.45, 2.75) is 12.6 Å². The van der Waals surface area contributed by atoms with E-state index in [0.717, 1.165) is 7.11 Å². The van der Waals surface area contributed by atoms with Crippen molar-refractivity contribution in [3.63, 3.8) is 0 Å². The van der Waals surface area contributed by atoms with Crippen molar-refractivity contribution in [2.75, 3.05) is 20.2 Å². The van der Waals surface area contributed by atoms with Gasteiger partial charge in [-0.25, -0.2) is 0 Å². The molecule has 0 saturated carbocycles. The Kier molecular flexibility index (Phi) is 3.36. The number of nitrogens with one attached hydrogen (secondary N) is 1. The normalized spacial score (nSPS) is 28.6. The smallest absolute Gasteiger partial charge is 0.392 e. The van der Waals surface area contributed by atoms with Crippen LogP contribution >= 0.6 is 0 Å². The number of rotatable bonds is 1. The summed E-state index contributed by atoms with van der Waals surface area (Å²) in [6.45, 7) is 0.328. The number of ether oxygens (including phenoxy) is 1. The lowest BCUT2D eigenvalue weighted by molar-refractivity contribution is -0.202. The molecule has 0 amide bonds. The van der Waals surface area contributed by atoms with Gasteiger partial charge in [0, 0.05) is 6.54 Å². The van der Waals surface area contributed by atoms with Crippen molar-refractivity contribution >= 4 is 5.97 Å². The summed E-state index contributed by atoms with van der Waals surface area (Å²) in [4.78, 5) is 11.1. The van der Waals surface area contributed by atoms with Crippen LogP contribution in [0.4, 0.5) is 13.2 Å². The molecule has 82 valence electrons. The number of piperidine rings is 1. The summed E-state index contributed by atoms with van der Waals surface area (Å²) in [5.41, 5.74) is 0. The maximum atomic E-state index is 12.5. The van der Waals surface area contributed by atoms with Gasteiger partial charge < -0.3 is 10.1 Å². The Hall–Kier alpha value is -0.780. The highest BCUT2D eigenvalue weighted by atomic mass is 19.4. The van der Waals surface area contributed by atoms with E-state index in [4.69, 9.17) is 0 Å². The molecule has 0 aromatic heterocycles. The molecule has 0 aromatic carbocycles. The van der Waals surface area contributed by atoms with Crippen LogP contribution in [0.3, 0.4) is 0 Å². The van der Waals surface area contributed by atoms with Crippen LogP contribution in [0.1, 0.15) is 6.42 Å². The van der Waals surface area contributed by atoms with Crippen LogP contribution in [-0.2, 0) is 9.53 Å². The van der Waals surface area contributed by atoms with Crippen LogP contribution in [0.2, 0.25) is 0 Å². The molecule has 3 nitrogen and oxygen atoms in total. The number of esters is 1. The maximum Gasteiger partial charge on any atom is 0.392 e. The van der Waals surface area contributed by atoms with Crippen LogP contribution in [0.5, 0.6) is 0 Å².